The standard InChI is InChI=1S/C41H50ClFN4O4S.90H2/c1-21(2)52(48,49)25(6)18-44-30(11)39-24(5)15-36(51-39)37-23(4)14-34-38(29(37)10)41(46-20-45-34)47(12)35-17-33(42)40(28(9)27(35)8)50-19-31-16-32(43)13-22(3)26(31)7;;;;;;;;;;;;;;;;;;;;;;;;;;;;;;;;;;;;;;;;;;;;;;;;;;;;;;;;;;;;;;;;;;;;;;;;;;;;;;;;;;;;;;;;;;/h13-17,20-21,25,30,44H,18-19H2,1-12H3;90*1H/i/hD. The van der Waals surface area contributed by atoms with E-state index in [0.717, 1.165) is 66.7 Å². The molecule has 2 unspecified atom stereocenters. The van der Waals surface area contributed by atoms with E-state index in [2.05, 4.69) is 4.98 Å². The molecule has 0 radical (unpaired) electrons. The zero-order valence-corrected chi connectivity index (χ0v) is 33.8. The Balaban J connectivity index is -0.00000000430. The van der Waals surface area contributed by atoms with Crippen LogP contribution in [0.15, 0.2) is 41.1 Å². The molecule has 0 saturated heterocycles. The minimum absolute atomic E-state index is 0. The summed E-state index contributed by atoms with van der Waals surface area (Å²) in [4.78, 5) is 11.4. The van der Waals surface area contributed by atoms with Gasteiger partial charge in [-0.2, -0.15) is 0 Å². The molecule has 0 aliphatic carbocycles. The van der Waals surface area contributed by atoms with Crippen molar-refractivity contribution < 1.29 is 152 Å². The fourth-order valence-corrected chi connectivity index (χ4v) is 8.36. The van der Waals surface area contributed by atoms with Gasteiger partial charge >= 0.3 is 0 Å². The number of aromatic nitrogens is 2. The van der Waals surface area contributed by atoms with Gasteiger partial charge in [-0.15, -0.1) is 0 Å². The smallest absolute Gasteiger partial charge is 0.156 e. The first kappa shape index (κ1) is 37.8. The summed E-state index contributed by atoms with van der Waals surface area (Å²) in [6, 6.07) is 8.39. The van der Waals surface area contributed by atoms with Gasteiger partial charge in [0.05, 0.1) is 27.1 Å². The first-order valence-electron chi connectivity index (χ1n) is 18.0. The molecule has 0 aliphatic heterocycles. The number of aryl methyl sites for hydroxylation is 4. The maximum absolute atomic E-state index is 14.2. The van der Waals surface area contributed by atoms with Crippen LogP contribution in [0.5, 0.6) is 5.75 Å². The average molecular weight is 932 g/mol. The highest BCUT2D eigenvalue weighted by atomic mass is 35.5. The van der Waals surface area contributed by atoms with Gasteiger partial charge in [0.25, 0.3) is 0 Å². The number of nitrogens with zero attached hydrogens (tertiary/aromatic N) is 3. The van der Waals surface area contributed by atoms with Gasteiger partial charge < -0.3 is 19.4 Å². The molecule has 5 rings (SSSR count). The summed E-state index contributed by atoms with van der Waals surface area (Å²) in [5.41, 5.74) is 9.70. The van der Waals surface area contributed by atoms with Crippen molar-refractivity contribution >= 4 is 43.8 Å². The van der Waals surface area contributed by atoms with E-state index < -0.39 is 26.4 Å². The molecule has 0 amide bonds. The van der Waals surface area contributed by atoms with Crippen molar-refractivity contribution in [1.29, 1.82) is 0 Å². The van der Waals surface area contributed by atoms with Crippen LogP contribution in [-0.2, 0) is 16.4 Å². The number of sulfone groups is 1. The van der Waals surface area contributed by atoms with Crippen molar-refractivity contribution in [3.63, 3.8) is 0 Å². The number of fused-ring (bicyclic) bond motifs is 1. The summed E-state index contributed by atoms with van der Waals surface area (Å²) in [5, 5.41) is 1.35. The maximum atomic E-state index is 14.2. The Bertz CT molecular complexity index is 2440. The van der Waals surface area contributed by atoms with Crippen LogP contribution < -0.4 is 14.9 Å². The first-order chi connectivity index (χ1) is 24.8. The predicted octanol–water partition coefficient (Wildman–Crippen LogP) is 32.2. The molecule has 0 bridgehead atoms. The van der Waals surface area contributed by atoms with Gasteiger partial charge in [-0.3, -0.25) is 0 Å². The third-order valence-corrected chi connectivity index (χ3v) is 13.2. The monoisotopic (exact) mass is 931 g/mol. The number of nitrogens with one attached hydrogen (secondary N) is 1. The van der Waals surface area contributed by atoms with Gasteiger partial charge in [0.2, 0.25) is 0 Å². The fourth-order valence-electron chi connectivity index (χ4n) is 6.84. The van der Waals surface area contributed by atoms with Crippen LogP contribution in [-0.4, -0.2) is 42.5 Å². The third kappa shape index (κ3) is 7.43. The number of halogens is 2. The number of furan rings is 1. The Hall–Kier alpha value is -3.99. The van der Waals surface area contributed by atoms with Crippen LogP contribution in [0.1, 0.15) is 212 Å². The molecule has 52 heavy (non-hydrogen) atoms. The highest BCUT2D eigenvalue weighted by molar-refractivity contribution is 7.92. The van der Waals surface area contributed by atoms with Crippen LogP contribution >= 0.6 is 11.6 Å². The second kappa shape index (κ2) is 15.2. The summed E-state index contributed by atoms with van der Waals surface area (Å²) in [5.74, 6) is 2.18. The quantitative estimate of drug-likeness (QED) is 0.132. The molecule has 11 heteroatoms. The zero-order valence-electron chi connectivity index (χ0n) is 33.2. The van der Waals surface area contributed by atoms with Crippen molar-refractivity contribution in [2.45, 2.75) is 99.3 Å². The number of anilines is 2. The summed E-state index contributed by atoms with van der Waals surface area (Å²) in [6.07, 6.45) is 1.55. The second-order valence-electron chi connectivity index (χ2n) is 14.2. The van der Waals surface area contributed by atoms with Gasteiger partial charge in [0.15, 0.2) is 9.84 Å². The lowest BCUT2D eigenvalue weighted by Gasteiger charge is -2.26. The molecule has 1 N–H and O–H groups in total. The van der Waals surface area contributed by atoms with E-state index in [-0.39, 0.29) is 147 Å². The normalized spacial score (nSPS) is 13.6. The molecular weight excluding hydrogens is 699 g/mol. The van der Waals surface area contributed by atoms with Crippen molar-refractivity contribution in [2.24, 2.45) is 0 Å². The number of hydrogen-bond acceptors (Lipinski definition) is 8. The largest absolute Gasteiger partial charge is 0.487 e. The Labute approximate surface area is 447 Å². The molecule has 0 aliphatic rings. The van der Waals surface area contributed by atoms with Gasteiger partial charge in [-0.05, 0) is 151 Å². The van der Waals surface area contributed by atoms with E-state index in [1.807, 2.05) is 85.5 Å². The van der Waals surface area contributed by atoms with Gasteiger partial charge in [0.1, 0.15) is 43.3 Å². The Kier molecular flexibility index (Phi) is 11.0. The lowest BCUT2D eigenvalue weighted by atomic mass is 9.95. The first-order valence-corrected chi connectivity index (χ1v) is 19.5. The van der Waals surface area contributed by atoms with Crippen LogP contribution in [0.2, 0.25) is 6.43 Å². The van der Waals surface area contributed by atoms with Crippen LogP contribution in [0.25, 0.3) is 22.2 Å². The summed E-state index contributed by atoms with van der Waals surface area (Å²) < 4.78 is 61.1. The van der Waals surface area contributed by atoms with E-state index in [1.54, 1.807) is 27.1 Å². The predicted molar refractivity (Wildman–Crippen MR) is 401 cm³/mol. The van der Waals surface area contributed by atoms with Crippen LogP contribution in [0, 0.1) is 54.3 Å². The van der Waals surface area contributed by atoms with Gasteiger partial charge in [-0.25, -0.2) is 22.8 Å². The Morgan fingerprint density at radius 1 is 0.942 bits per heavy atom. The SMILES string of the molecule is [2H]N(CC(C)S(=O)(=O)C(C)C)C(C)c1oc(-c2c(C)cc3ncnc(N(C)c4cc(Cl)c(OCc5cc(F)cc(C)c5C)c(C)c4C)c3c2C)cc1C.[HH].[HH].[HH].[HH].[HH].[HH].[HH].[HH].[HH].[HH].[HH].[HH].[HH].[HH].[HH].[HH].[HH].[HH].[HH].[HH].[HH].[HH].[HH].[HH].[HH].[HH].[HH].[HH].[HH].[HH].[HH].[HH].[HH].[HH].[HH].[HH].[HH].[HH].[HH].[HH].[HH].[HH].[HH].[HH].[HH].[HH].[HH].[HH].[HH].[HH].[HH].[HH].[HH].[HH].[HH].[HH].[HH].[HH].[HH].[HH].[HH].[HH].[HH].[HH].[HH].[HH].[HH].[HH].[HH].[HH].[HH].[HH].[HH].[HH].[HH].[HH].[HH].[HH].[HH].[HH].[HH].[HH].[HH].[HH].[HH].[HH].[HH].[HH].[HH].[HH]. The molecule has 3 aromatic carbocycles. The van der Waals surface area contributed by atoms with E-state index in [4.69, 9.17) is 27.2 Å². The molecule has 2 atom stereocenters. The molecule has 2 heterocycles. The Morgan fingerprint density at radius 3 is 2.31 bits per heavy atom. The van der Waals surface area contributed by atoms with Crippen LogP contribution in [0.3, 0.4) is 0 Å². The number of benzene rings is 3. The summed E-state index contributed by atoms with van der Waals surface area (Å²) in [6.45, 7) is 20.9. The van der Waals surface area contributed by atoms with E-state index in [0.29, 0.717) is 28.1 Å². The lowest BCUT2D eigenvalue weighted by Crippen LogP contribution is -2.36. The summed E-state index contributed by atoms with van der Waals surface area (Å²) in [7, 11) is -1.42. The van der Waals surface area contributed by atoms with Gasteiger partial charge in [-0.1, -0.05) is 11.6 Å². The summed E-state index contributed by atoms with van der Waals surface area (Å²) >= 11 is 6.89. The van der Waals surface area contributed by atoms with E-state index >= 15 is 0 Å². The zero-order chi connectivity index (χ0) is 39.3. The Morgan fingerprint density at radius 2 is 1.63 bits per heavy atom. The maximum Gasteiger partial charge on any atom is 0.156 e. The highest BCUT2D eigenvalue weighted by Crippen LogP contribution is 2.43. The van der Waals surface area contributed by atoms with Crippen molar-refractivity contribution in [3.05, 3.63) is 97.8 Å². The molecular formula is C41H230ClFN4O4S. The molecule has 5 aromatic rings. The van der Waals surface area contributed by atoms with Gasteiger partial charge in [0, 0.05) is 159 Å². The molecule has 0 fully saturated rings. The number of ether oxygens (including phenoxy) is 1. The topological polar surface area (TPSA) is 97.6 Å². The molecule has 0 spiro atoms. The molecule has 8 nitrogen and oxygen atoms in total. The molecule has 458 valence electrons. The van der Waals surface area contributed by atoms with Crippen LogP contribution in [0.4, 0.5) is 15.9 Å². The van der Waals surface area contributed by atoms with Crippen molar-refractivity contribution in [3.8, 4) is 17.1 Å². The van der Waals surface area contributed by atoms with E-state index in [9.17, 15) is 12.8 Å². The van der Waals surface area contributed by atoms with E-state index in [1.165, 1.54) is 17.4 Å². The fraction of sp³-hybridized carbons (Fsp3) is 0.415. The van der Waals surface area contributed by atoms with Crippen molar-refractivity contribution in [2.75, 3.05) is 18.5 Å². The minimum Gasteiger partial charge on any atom is -0.487 e. The second-order valence-corrected chi connectivity index (χ2v) is 17.6. The number of rotatable bonds is 12. The number of hydrogen-bond donors (Lipinski definition) is 1. The van der Waals surface area contributed by atoms with Crippen molar-refractivity contribution in [1.82, 2.24) is 15.3 Å². The third-order valence-electron chi connectivity index (χ3n) is 10.3. The molecule has 2 aromatic heterocycles. The average Bonchev–Trinajstić information content (AvgIpc) is 3.47. The minimum atomic E-state index is -3.36. The molecule has 0 saturated carbocycles. The highest BCUT2D eigenvalue weighted by Gasteiger charge is 2.27. The lowest BCUT2D eigenvalue weighted by molar-refractivity contribution is 0.302.